The molecule has 21 heavy (non-hydrogen) atoms. The van der Waals surface area contributed by atoms with Gasteiger partial charge in [0, 0.05) is 17.5 Å². The summed E-state index contributed by atoms with van der Waals surface area (Å²) in [5, 5.41) is 3.12. The van der Waals surface area contributed by atoms with E-state index < -0.39 is 6.04 Å². The number of carbonyl (C=O) groups is 3. The number of aldehydes is 2. The lowest BCUT2D eigenvalue weighted by molar-refractivity contribution is -0.131. The van der Waals surface area contributed by atoms with Crippen molar-refractivity contribution in [1.29, 1.82) is 0 Å². The highest BCUT2D eigenvalue weighted by atomic mass is 32.2. The molecule has 0 amide bonds. The molecular formula is C15H17NO4S. The van der Waals surface area contributed by atoms with Crippen LogP contribution in [0.2, 0.25) is 0 Å². The number of Topliss-reactive ketones (excluding diaryl/α,β-unsaturated/α-hetero) is 1. The van der Waals surface area contributed by atoms with Gasteiger partial charge >= 0.3 is 0 Å². The maximum atomic E-state index is 11.5. The molecule has 0 aliphatic carbocycles. The molecular weight excluding hydrogens is 290 g/mol. The fourth-order valence-corrected chi connectivity index (χ4v) is 3.41. The highest BCUT2D eigenvalue weighted by molar-refractivity contribution is 8.00. The Hall–Kier alpha value is -1.66. The Balaban J connectivity index is 1.92. The van der Waals surface area contributed by atoms with Crippen LogP contribution in [0.1, 0.15) is 12.0 Å². The molecule has 2 atom stereocenters. The van der Waals surface area contributed by atoms with Gasteiger partial charge in [-0.2, -0.15) is 0 Å². The topological polar surface area (TPSA) is 72.5 Å². The molecule has 1 aliphatic heterocycles. The van der Waals surface area contributed by atoms with E-state index in [2.05, 4.69) is 5.32 Å². The first-order valence-corrected chi connectivity index (χ1v) is 7.79. The van der Waals surface area contributed by atoms with Crippen molar-refractivity contribution in [1.82, 2.24) is 5.32 Å². The van der Waals surface area contributed by atoms with Crippen LogP contribution in [0.15, 0.2) is 24.3 Å². The minimum atomic E-state index is -0.393. The molecule has 5 nitrogen and oxygen atoms in total. The van der Waals surface area contributed by atoms with Gasteiger partial charge in [0.1, 0.15) is 12.0 Å². The van der Waals surface area contributed by atoms with Crippen LogP contribution in [-0.4, -0.2) is 42.1 Å². The minimum absolute atomic E-state index is 0.0736. The summed E-state index contributed by atoms with van der Waals surface area (Å²) in [6.45, 7) is 0.376. The molecule has 1 N–H and O–H groups in total. The summed E-state index contributed by atoms with van der Waals surface area (Å²) in [4.78, 5) is 32.4. The third-order valence-electron chi connectivity index (χ3n) is 3.26. The number of hydrogen-bond donors (Lipinski definition) is 1. The molecule has 1 aliphatic rings. The largest absolute Gasteiger partial charge is 0.493 e. The number of benzene rings is 1. The van der Waals surface area contributed by atoms with E-state index in [1.807, 2.05) is 24.3 Å². The summed E-state index contributed by atoms with van der Waals surface area (Å²) in [5.41, 5.74) is 1.09. The van der Waals surface area contributed by atoms with Crippen molar-refractivity contribution in [2.45, 2.75) is 24.1 Å². The molecule has 0 spiro atoms. The van der Waals surface area contributed by atoms with Crippen LogP contribution in [0, 0.1) is 0 Å². The maximum absolute atomic E-state index is 11.5. The number of rotatable bonds is 8. The van der Waals surface area contributed by atoms with Crippen LogP contribution in [0.4, 0.5) is 0 Å². The first kappa shape index (κ1) is 15.7. The molecule has 112 valence electrons. The van der Waals surface area contributed by atoms with Crippen molar-refractivity contribution < 1.29 is 19.1 Å². The lowest BCUT2D eigenvalue weighted by Crippen LogP contribution is -2.39. The SMILES string of the molecule is O=CCCOc1ccc(CC2SCNC2C(=O)C=O)cc1. The second-order valence-electron chi connectivity index (χ2n) is 4.70. The average molecular weight is 307 g/mol. The summed E-state index contributed by atoms with van der Waals surface area (Å²) in [7, 11) is 0. The lowest BCUT2D eigenvalue weighted by atomic mass is 10.0. The van der Waals surface area contributed by atoms with Gasteiger partial charge in [0.15, 0.2) is 6.29 Å². The van der Waals surface area contributed by atoms with Gasteiger partial charge in [-0.3, -0.25) is 14.9 Å². The van der Waals surface area contributed by atoms with Gasteiger partial charge in [0.25, 0.3) is 0 Å². The maximum Gasteiger partial charge on any atom is 0.213 e. The summed E-state index contributed by atoms with van der Waals surface area (Å²) >= 11 is 1.65. The Morgan fingerprint density at radius 1 is 1.33 bits per heavy atom. The van der Waals surface area contributed by atoms with Crippen molar-refractivity contribution in [3.05, 3.63) is 29.8 Å². The molecule has 1 heterocycles. The summed E-state index contributed by atoms with van der Waals surface area (Å²) in [6.07, 6.45) is 2.31. The van der Waals surface area contributed by atoms with Crippen LogP contribution >= 0.6 is 11.8 Å². The fraction of sp³-hybridized carbons (Fsp3) is 0.400. The highest BCUT2D eigenvalue weighted by Crippen LogP contribution is 2.26. The predicted octanol–water partition coefficient (Wildman–Crippen LogP) is 0.996. The molecule has 1 saturated heterocycles. The van der Waals surface area contributed by atoms with E-state index >= 15 is 0 Å². The molecule has 1 aromatic rings. The molecule has 6 heteroatoms. The second kappa shape index (κ2) is 7.95. The van der Waals surface area contributed by atoms with Gasteiger partial charge in [0.2, 0.25) is 5.78 Å². The molecule has 0 aromatic heterocycles. The molecule has 2 rings (SSSR count). The third kappa shape index (κ3) is 4.41. The van der Waals surface area contributed by atoms with Crippen LogP contribution < -0.4 is 10.1 Å². The van der Waals surface area contributed by atoms with E-state index in [1.54, 1.807) is 11.8 Å². The molecule has 1 aromatic carbocycles. The van der Waals surface area contributed by atoms with E-state index in [0.29, 0.717) is 25.2 Å². The number of carbonyl (C=O) groups excluding carboxylic acids is 3. The standard InChI is InChI=1S/C15H17NO4S/c17-6-1-7-20-12-4-2-11(3-5-12)8-14-15(13(19)9-18)16-10-21-14/h2-6,9,14-16H,1,7-8,10H2. The Morgan fingerprint density at radius 2 is 2.10 bits per heavy atom. The number of thioether (sulfide) groups is 1. The first-order chi connectivity index (χ1) is 10.2. The van der Waals surface area contributed by atoms with E-state index in [9.17, 15) is 14.4 Å². The van der Waals surface area contributed by atoms with Crippen molar-refractivity contribution in [2.75, 3.05) is 12.5 Å². The number of ether oxygens (including phenoxy) is 1. The van der Waals surface area contributed by atoms with E-state index in [0.717, 1.165) is 24.0 Å². The van der Waals surface area contributed by atoms with Gasteiger partial charge < -0.3 is 9.53 Å². The zero-order chi connectivity index (χ0) is 15.1. The Bertz CT molecular complexity index is 503. The van der Waals surface area contributed by atoms with Crippen molar-refractivity contribution in [2.24, 2.45) is 0 Å². The summed E-state index contributed by atoms with van der Waals surface area (Å²) in [6, 6.07) is 7.19. The zero-order valence-electron chi connectivity index (χ0n) is 11.5. The van der Waals surface area contributed by atoms with Crippen LogP contribution in [0.3, 0.4) is 0 Å². The lowest BCUT2D eigenvalue weighted by Gasteiger charge is -2.15. The molecule has 0 bridgehead atoms. The average Bonchev–Trinajstić information content (AvgIpc) is 2.96. The smallest absolute Gasteiger partial charge is 0.213 e. The van der Waals surface area contributed by atoms with E-state index in [4.69, 9.17) is 4.74 Å². The fourth-order valence-electron chi connectivity index (χ4n) is 2.19. The van der Waals surface area contributed by atoms with Gasteiger partial charge in [-0.1, -0.05) is 12.1 Å². The van der Waals surface area contributed by atoms with Crippen LogP contribution in [0.5, 0.6) is 5.75 Å². The monoisotopic (exact) mass is 307 g/mol. The highest BCUT2D eigenvalue weighted by Gasteiger charge is 2.32. The summed E-state index contributed by atoms with van der Waals surface area (Å²) in [5.74, 6) is 1.01. The first-order valence-electron chi connectivity index (χ1n) is 6.74. The predicted molar refractivity (Wildman–Crippen MR) is 80.6 cm³/mol. The van der Waals surface area contributed by atoms with E-state index in [1.165, 1.54) is 0 Å². The molecule has 2 unspecified atom stereocenters. The zero-order valence-corrected chi connectivity index (χ0v) is 12.3. The second-order valence-corrected chi connectivity index (χ2v) is 5.93. The van der Waals surface area contributed by atoms with Gasteiger partial charge in [-0.25, -0.2) is 0 Å². The van der Waals surface area contributed by atoms with Crippen molar-refractivity contribution in [3.63, 3.8) is 0 Å². The van der Waals surface area contributed by atoms with Gasteiger partial charge in [0.05, 0.1) is 12.6 Å². The van der Waals surface area contributed by atoms with Gasteiger partial charge in [-0.05, 0) is 24.1 Å². The van der Waals surface area contributed by atoms with Crippen molar-refractivity contribution in [3.8, 4) is 5.75 Å². The van der Waals surface area contributed by atoms with E-state index in [-0.39, 0.29) is 11.0 Å². The van der Waals surface area contributed by atoms with Crippen molar-refractivity contribution >= 4 is 30.1 Å². The summed E-state index contributed by atoms with van der Waals surface area (Å²) < 4.78 is 5.40. The number of ketones is 1. The number of hydrogen-bond acceptors (Lipinski definition) is 6. The van der Waals surface area contributed by atoms with Crippen LogP contribution in [-0.2, 0) is 20.8 Å². The Labute approximate surface area is 127 Å². The third-order valence-corrected chi connectivity index (χ3v) is 4.46. The molecule has 0 radical (unpaired) electrons. The van der Waals surface area contributed by atoms with Gasteiger partial charge in [-0.15, -0.1) is 11.8 Å². The minimum Gasteiger partial charge on any atom is -0.493 e. The molecule has 1 fully saturated rings. The normalized spacial score (nSPS) is 21.0. The van der Waals surface area contributed by atoms with Crippen LogP contribution in [0.25, 0.3) is 0 Å². The quantitative estimate of drug-likeness (QED) is 0.439. The Morgan fingerprint density at radius 3 is 2.76 bits per heavy atom. The Kier molecular flexibility index (Phi) is 5.95. The number of nitrogens with one attached hydrogen (secondary N) is 1. The molecule has 0 saturated carbocycles.